The molecule has 0 saturated carbocycles. The summed E-state index contributed by atoms with van der Waals surface area (Å²) in [5.41, 5.74) is 4.69. The van der Waals surface area contributed by atoms with Crippen LogP contribution in [0, 0.1) is 13.8 Å². The fourth-order valence-corrected chi connectivity index (χ4v) is 5.63. The van der Waals surface area contributed by atoms with E-state index in [4.69, 9.17) is 25.7 Å². The summed E-state index contributed by atoms with van der Waals surface area (Å²) >= 11 is 6.36. The average Bonchev–Trinajstić information content (AvgIpc) is 2.91. The van der Waals surface area contributed by atoms with Gasteiger partial charge in [0.15, 0.2) is 11.2 Å². The van der Waals surface area contributed by atoms with E-state index in [0.29, 0.717) is 33.5 Å². The van der Waals surface area contributed by atoms with E-state index in [2.05, 4.69) is 33.1 Å². The van der Waals surface area contributed by atoms with E-state index in [0.717, 1.165) is 67.6 Å². The van der Waals surface area contributed by atoms with Crippen LogP contribution in [0.15, 0.2) is 58.0 Å². The van der Waals surface area contributed by atoms with Gasteiger partial charge in [0, 0.05) is 55.3 Å². The zero-order valence-electron chi connectivity index (χ0n) is 22.4. The minimum atomic E-state index is -0.171. The van der Waals surface area contributed by atoms with E-state index >= 15 is 0 Å². The Bertz CT molecular complexity index is 1560. The largest absolute Gasteiger partial charge is 0.455 e. The molecule has 39 heavy (non-hydrogen) atoms. The molecule has 1 N–H and O–H groups in total. The average molecular weight is 546 g/mol. The van der Waals surface area contributed by atoms with Crippen LogP contribution in [0.4, 0.5) is 11.5 Å². The fraction of sp³-hybridized carbons (Fsp3) is 0.367. The van der Waals surface area contributed by atoms with E-state index in [9.17, 15) is 4.79 Å². The number of ether oxygens (including phenoxy) is 1. The molecule has 202 valence electrons. The number of aryl methyl sites for hydroxylation is 1. The second-order valence-corrected chi connectivity index (χ2v) is 10.8. The number of anilines is 2. The number of fused-ring (bicyclic) bond motifs is 1. The highest BCUT2D eigenvalue weighted by Crippen LogP contribution is 2.34. The van der Waals surface area contributed by atoms with Crippen LogP contribution in [-0.2, 0) is 4.74 Å². The summed E-state index contributed by atoms with van der Waals surface area (Å²) in [6.07, 6.45) is 3.42. The highest BCUT2D eigenvalue weighted by molar-refractivity contribution is 6.29. The van der Waals surface area contributed by atoms with Gasteiger partial charge in [0.2, 0.25) is 0 Å². The van der Waals surface area contributed by atoms with Gasteiger partial charge in [-0.05, 0) is 56.7 Å². The summed E-state index contributed by atoms with van der Waals surface area (Å²) in [5.74, 6) is 1.38. The number of hydrogen-bond acceptors (Lipinski definition) is 8. The maximum absolute atomic E-state index is 13.5. The van der Waals surface area contributed by atoms with Gasteiger partial charge in [0.05, 0.1) is 36.4 Å². The number of benzene rings is 1. The molecule has 0 aliphatic carbocycles. The van der Waals surface area contributed by atoms with Gasteiger partial charge in [-0.25, -0.2) is 4.98 Å². The monoisotopic (exact) mass is 545 g/mol. The maximum atomic E-state index is 13.5. The topological polar surface area (TPSA) is 83.7 Å². The molecule has 2 aliphatic rings. The summed E-state index contributed by atoms with van der Waals surface area (Å²) in [6, 6.07) is 11.9. The first kappa shape index (κ1) is 25.8. The third-order valence-electron chi connectivity index (χ3n) is 7.75. The molecule has 2 aliphatic heterocycles. The molecule has 0 amide bonds. The van der Waals surface area contributed by atoms with Gasteiger partial charge in [0.1, 0.15) is 16.5 Å². The normalized spacial score (nSPS) is 17.3. The summed E-state index contributed by atoms with van der Waals surface area (Å²) in [6.45, 7) is 11.2. The first-order chi connectivity index (χ1) is 18.9. The SMILES string of the molecule is Cc1cc([C@@H](C)Nc2ccc(Cl)nc2N2CCN(C3COC3)CC2)c2oc(-c3cccnc3)c(C)c(=O)c2c1. The van der Waals surface area contributed by atoms with E-state index in [-0.39, 0.29) is 11.5 Å². The number of nitrogens with zero attached hydrogens (tertiary/aromatic N) is 4. The molecule has 0 radical (unpaired) electrons. The third-order valence-corrected chi connectivity index (χ3v) is 7.96. The molecule has 9 heteroatoms. The van der Waals surface area contributed by atoms with Crippen molar-refractivity contribution >= 4 is 34.1 Å². The van der Waals surface area contributed by atoms with Gasteiger partial charge in [0.25, 0.3) is 0 Å². The van der Waals surface area contributed by atoms with Crippen molar-refractivity contribution in [3.63, 3.8) is 0 Å². The molecule has 0 unspecified atom stereocenters. The number of rotatable bonds is 6. The molecule has 1 atom stereocenters. The first-order valence-electron chi connectivity index (χ1n) is 13.4. The van der Waals surface area contributed by atoms with Crippen LogP contribution in [-0.4, -0.2) is 60.3 Å². The quantitative estimate of drug-likeness (QED) is 0.330. The lowest BCUT2D eigenvalue weighted by molar-refractivity contribution is -0.0660. The summed E-state index contributed by atoms with van der Waals surface area (Å²) in [4.78, 5) is 27.2. The highest BCUT2D eigenvalue weighted by atomic mass is 35.5. The number of nitrogens with one attached hydrogen (secondary N) is 1. The van der Waals surface area contributed by atoms with Gasteiger partial charge < -0.3 is 19.4 Å². The maximum Gasteiger partial charge on any atom is 0.196 e. The minimum Gasteiger partial charge on any atom is -0.455 e. The molecular weight excluding hydrogens is 514 g/mol. The Kier molecular flexibility index (Phi) is 7.01. The lowest BCUT2D eigenvalue weighted by atomic mass is 9.99. The molecule has 1 aromatic carbocycles. The van der Waals surface area contributed by atoms with Crippen LogP contribution in [0.25, 0.3) is 22.3 Å². The predicted octanol–water partition coefficient (Wildman–Crippen LogP) is 5.21. The van der Waals surface area contributed by atoms with Gasteiger partial charge in [-0.1, -0.05) is 17.7 Å². The van der Waals surface area contributed by atoms with Gasteiger partial charge >= 0.3 is 0 Å². The summed E-state index contributed by atoms with van der Waals surface area (Å²) in [5, 5.41) is 4.69. The Morgan fingerprint density at radius 2 is 1.90 bits per heavy atom. The Labute approximate surface area is 232 Å². The molecule has 8 nitrogen and oxygen atoms in total. The second-order valence-electron chi connectivity index (χ2n) is 10.4. The van der Waals surface area contributed by atoms with Gasteiger partial charge in [-0.3, -0.25) is 14.7 Å². The van der Waals surface area contributed by atoms with Crippen LogP contribution < -0.4 is 15.6 Å². The Balaban J connectivity index is 1.34. The highest BCUT2D eigenvalue weighted by Gasteiger charge is 2.30. The Morgan fingerprint density at radius 1 is 1.10 bits per heavy atom. The van der Waals surface area contributed by atoms with Crippen LogP contribution in [0.5, 0.6) is 0 Å². The van der Waals surface area contributed by atoms with Crippen molar-refractivity contribution in [1.29, 1.82) is 0 Å². The molecule has 0 spiro atoms. The Morgan fingerprint density at radius 3 is 2.59 bits per heavy atom. The number of aromatic nitrogens is 2. The molecular formula is C30H32ClN5O3. The zero-order chi connectivity index (χ0) is 27.1. The predicted molar refractivity (Wildman–Crippen MR) is 155 cm³/mol. The van der Waals surface area contributed by atoms with Gasteiger partial charge in [-0.2, -0.15) is 0 Å². The van der Waals surface area contributed by atoms with Crippen molar-refractivity contribution < 1.29 is 9.15 Å². The van der Waals surface area contributed by atoms with Crippen molar-refractivity contribution in [2.24, 2.45) is 0 Å². The lowest BCUT2D eigenvalue weighted by Crippen LogP contribution is -2.56. The summed E-state index contributed by atoms with van der Waals surface area (Å²) in [7, 11) is 0. The van der Waals surface area contributed by atoms with E-state index < -0.39 is 0 Å². The molecule has 6 rings (SSSR count). The molecule has 2 fully saturated rings. The number of halogens is 1. The molecule has 2 saturated heterocycles. The smallest absolute Gasteiger partial charge is 0.196 e. The van der Waals surface area contributed by atoms with E-state index in [1.165, 1.54) is 0 Å². The van der Waals surface area contributed by atoms with Crippen LogP contribution >= 0.6 is 11.6 Å². The van der Waals surface area contributed by atoms with Crippen molar-refractivity contribution in [3.05, 3.63) is 80.9 Å². The first-order valence-corrected chi connectivity index (χ1v) is 13.7. The molecule has 5 heterocycles. The van der Waals surface area contributed by atoms with Gasteiger partial charge in [-0.15, -0.1) is 0 Å². The van der Waals surface area contributed by atoms with Crippen molar-refractivity contribution in [1.82, 2.24) is 14.9 Å². The fourth-order valence-electron chi connectivity index (χ4n) is 5.48. The second kappa shape index (κ2) is 10.6. The molecule has 4 aromatic rings. The zero-order valence-corrected chi connectivity index (χ0v) is 23.2. The number of pyridine rings is 2. The van der Waals surface area contributed by atoms with Crippen molar-refractivity contribution in [2.45, 2.75) is 32.9 Å². The van der Waals surface area contributed by atoms with Crippen molar-refractivity contribution in [3.8, 4) is 11.3 Å². The third kappa shape index (κ3) is 5.00. The van der Waals surface area contributed by atoms with Crippen LogP contribution in [0.3, 0.4) is 0 Å². The van der Waals surface area contributed by atoms with E-state index in [1.807, 2.05) is 31.2 Å². The summed E-state index contributed by atoms with van der Waals surface area (Å²) < 4.78 is 11.9. The van der Waals surface area contributed by atoms with Crippen LogP contribution in [0.1, 0.15) is 29.7 Å². The van der Waals surface area contributed by atoms with Crippen molar-refractivity contribution in [2.75, 3.05) is 49.6 Å². The minimum absolute atomic E-state index is 0.0316. The van der Waals surface area contributed by atoms with E-state index in [1.54, 1.807) is 25.4 Å². The molecule has 3 aromatic heterocycles. The van der Waals surface area contributed by atoms with Crippen LogP contribution in [0.2, 0.25) is 5.15 Å². The number of piperazine rings is 1. The number of hydrogen-bond donors (Lipinski definition) is 1. The Hall–Kier alpha value is -3.46. The molecule has 0 bridgehead atoms. The standard InChI is InChI=1S/C30H32ClN5O3/c1-18-13-23(29-24(14-18)27(37)19(2)28(39-29)21-5-4-8-32-15-21)20(3)33-25-6-7-26(31)34-30(25)36-11-9-35(10-12-36)22-16-38-17-22/h4-8,13-15,20,22,33H,9-12,16-17H2,1-3H3/t20-/m1/s1. The lowest BCUT2D eigenvalue weighted by Gasteiger charge is -2.43.